The van der Waals surface area contributed by atoms with Gasteiger partial charge in [0.25, 0.3) is 0 Å². The Kier molecular flexibility index (Phi) is 6.60. The van der Waals surface area contributed by atoms with Crippen LogP contribution in [0.3, 0.4) is 0 Å². The summed E-state index contributed by atoms with van der Waals surface area (Å²) in [4.78, 5) is 9.95. The molecule has 2 rings (SSSR count). The molecule has 2 aliphatic carbocycles. The van der Waals surface area contributed by atoms with Gasteiger partial charge >= 0.3 is 5.97 Å². The van der Waals surface area contributed by atoms with Crippen LogP contribution in [0.25, 0.3) is 0 Å². The molecule has 0 aromatic rings. The number of hydrogen-bond donors (Lipinski definition) is 1. The highest BCUT2D eigenvalue weighted by Gasteiger charge is 2.46. The molecule has 2 nitrogen and oxygen atoms in total. The molecule has 2 fully saturated rings. The van der Waals surface area contributed by atoms with Gasteiger partial charge in [-0.2, -0.15) is 0 Å². The summed E-state index contributed by atoms with van der Waals surface area (Å²) in [5.74, 6) is 1.29. The molecular formula is C17H30O2. The van der Waals surface area contributed by atoms with Gasteiger partial charge in [0, 0.05) is 6.08 Å². The molecule has 0 saturated heterocycles. The van der Waals surface area contributed by atoms with E-state index in [0.29, 0.717) is 0 Å². The molecule has 2 saturated carbocycles. The summed E-state index contributed by atoms with van der Waals surface area (Å²) in [6, 6.07) is 0. The van der Waals surface area contributed by atoms with E-state index in [0.717, 1.165) is 30.1 Å². The monoisotopic (exact) mass is 266 g/mol. The largest absolute Gasteiger partial charge is 0.478 e. The normalized spacial score (nSPS) is 32.4. The molecule has 0 aliphatic heterocycles. The van der Waals surface area contributed by atoms with E-state index in [1.54, 1.807) is 6.08 Å². The average molecular weight is 266 g/mol. The van der Waals surface area contributed by atoms with Crippen molar-refractivity contribution in [1.29, 1.82) is 0 Å². The van der Waals surface area contributed by atoms with Crippen LogP contribution in [0.15, 0.2) is 12.2 Å². The lowest BCUT2D eigenvalue weighted by molar-refractivity contribution is -0.131. The van der Waals surface area contributed by atoms with E-state index in [-0.39, 0.29) is 0 Å². The quantitative estimate of drug-likeness (QED) is 0.559. The maximum Gasteiger partial charge on any atom is 0.327 e. The fourth-order valence-electron chi connectivity index (χ4n) is 3.53. The molecule has 0 amide bonds. The molecule has 0 aromatic carbocycles. The van der Waals surface area contributed by atoms with E-state index >= 15 is 0 Å². The van der Waals surface area contributed by atoms with Crippen molar-refractivity contribution in [1.82, 2.24) is 0 Å². The highest BCUT2D eigenvalue weighted by Crippen LogP contribution is 2.56. The van der Waals surface area contributed by atoms with Crippen molar-refractivity contribution in [2.45, 2.75) is 72.1 Å². The van der Waals surface area contributed by atoms with Gasteiger partial charge < -0.3 is 5.11 Å². The predicted octanol–water partition coefficient (Wildman–Crippen LogP) is 5.04. The van der Waals surface area contributed by atoms with Gasteiger partial charge in [-0.1, -0.05) is 39.7 Å². The Bertz CT molecular complexity index is 308. The molecule has 2 heteroatoms. The minimum atomic E-state index is -0.850. The Hall–Kier alpha value is -0.790. The summed E-state index contributed by atoms with van der Waals surface area (Å²) in [6.45, 7) is 7.03. The van der Waals surface area contributed by atoms with E-state index in [1.807, 2.05) is 0 Å². The maximum atomic E-state index is 9.95. The highest BCUT2D eigenvalue weighted by molar-refractivity contribution is 5.79. The number of fused-ring (bicyclic) bond motifs is 2. The van der Waals surface area contributed by atoms with Crippen LogP contribution < -0.4 is 0 Å². The van der Waals surface area contributed by atoms with Crippen LogP contribution in [-0.4, -0.2) is 11.1 Å². The van der Waals surface area contributed by atoms with Crippen molar-refractivity contribution in [3.05, 3.63) is 12.2 Å². The lowest BCUT2D eigenvalue weighted by atomic mass is 9.78. The third-order valence-corrected chi connectivity index (χ3v) is 4.99. The predicted molar refractivity (Wildman–Crippen MR) is 80.1 cm³/mol. The van der Waals surface area contributed by atoms with Crippen LogP contribution in [-0.2, 0) is 4.79 Å². The zero-order chi connectivity index (χ0) is 14.3. The van der Waals surface area contributed by atoms with Crippen molar-refractivity contribution >= 4 is 5.97 Å². The first-order valence-corrected chi connectivity index (χ1v) is 7.87. The Morgan fingerprint density at radius 1 is 1.42 bits per heavy atom. The molecule has 19 heavy (non-hydrogen) atoms. The molecule has 2 aliphatic rings. The second-order valence-corrected chi connectivity index (χ2v) is 6.64. The Balaban J connectivity index is 0.000000190. The summed E-state index contributed by atoms with van der Waals surface area (Å²) < 4.78 is 0. The number of carbonyl (C=O) groups is 1. The third kappa shape index (κ3) is 5.38. The molecule has 110 valence electrons. The number of carboxylic acid groups (broad SMARTS) is 1. The number of hydrogen-bond acceptors (Lipinski definition) is 1. The number of carboxylic acids is 1. The summed E-state index contributed by atoms with van der Waals surface area (Å²) >= 11 is 0. The Morgan fingerprint density at radius 3 is 2.53 bits per heavy atom. The van der Waals surface area contributed by atoms with Gasteiger partial charge in [0.1, 0.15) is 0 Å². The van der Waals surface area contributed by atoms with Crippen LogP contribution in [0.2, 0.25) is 0 Å². The minimum absolute atomic E-state index is 0.769. The van der Waals surface area contributed by atoms with Crippen LogP contribution in [0.5, 0.6) is 0 Å². The number of aliphatic carboxylic acids is 1. The molecular weight excluding hydrogens is 236 g/mol. The molecule has 0 aromatic heterocycles. The highest BCUT2D eigenvalue weighted by atomic mass is 16.4. The molecule has 0 radical (unpaired) electrons. The minimum Gasteiger partial charge on any atom is -0.478 e. The SMILES string of the molecule is CC1CC2CCC1(C)C2.CCCCCC=CC(=O)O. The average Bonchev–Trinajstić information content (AvgIpc) is 2.84. The van der Waals surface area contributed by atoms with E-state index in [9.17, 15) is 4.79 Å². The Labute approximate surface area is 118 Å². The standard InChI is InChI=1S/C9H16.C8H14O2/c1-7-5-8-3-4-9(7,2)6-8;1-2-3-4-5-6-7-8(9)10/h7-8H,3-6H2,1-2H3;6-7H,2-5H2,1H3,(H,9,10). The lowest BCUT2D eigenvalue weighted by Gasteiger charge is -2.27. The van der Waals surface area contributed by atoms with Gasteiger partial charge in [-0.25, -0.2) is 4.79 Å². The van der Waals surface area contributed by atoms with Gasteiger partial charge in [-0.15, -0.1) is 0 Å². The van der Waals surface area contributed by atoms with Gasteiger partial charge in [-0.3, -0.25) is 0 Å². The van der Waals surface area contributed by atoms with E-state index in [4.69, 9.17) is 5.11 Å². The van der Waals surface area contributed by atoms with Crippen molar-refractivity contribution in [3.63, 3.8) is 0 Å². The second-order valence-electron chi connectivity index (χ2n) is 6.64. The number of rotatable bonds is 5. The third-order valence-electron chi connectivity index (χ3n) is 4.99. The zero-order valence-electron chi connectivity index (χ0n) is 12.8. The van der Waals surface area contributed by atoms with Crippen LogP contribution >= 0.6 is 0 Å². The van der Waals surface area contributed by atoms with Gasteiger partial charge in [0.05, 0.1) is 0 Å². The smallest absolute Gasteiger partial charge is 0.327 e. The van der Waals surface area contributed by atoms with Gasteiger partial charge in [0.2, 0.25) is 0 Å². The molecule has 1 N–H and O–H groups in total. The van der Waals surface area contributed by atoms with Crippen molar-refractivity contribution < 1.29 is 9.90 Å². The maximum absolute atomic E-state index is 9.95. The van der Waals surface area contributed by atoms with E-state index < -0.39 is 5.97 Å². The lowest BCUT2D eigenvalue weighted by Crippen LogP contribution is -2.18. The number of unbranched alkanes of at least 4 members (excludes halogenated alkanes) is 3. The summed E-state index contributed by atoms with van der Waals surface area (Å²) in [7, 11) is 0. The van der Waals surface area contributed by atoms with E-state index in [2.05, 4.69) is 20.8 Å². The Morgan fingerprint density at radius 2 is 2.16 bits per heavy atom. The first-order chi connectivity index (χ1) is 8.98. The molecule has 0 spiro atoms. The summed E-state index contributed by atoms with van der Waals surface area (Å²) in [5, 5.41) is 8.18. The van der Waals surface area contributed by atoms with E-state index in [1.165, 1.54) is 44.6 Å². The van der Waals surface area contributed by atoms with Crippen molar-refractivity contribution in [2.24, 2.45) is 17.3 Å². The molecule has 3 unspecified atom stereocenters. The zero-order valence-corrected chi connectivity index (χ0v) is 12.8. The van der Waals surface area contributed by atoms with Crippen molar-refractivity contribution in [2.75, 3.05) is 0 Å². The van der Waals surface area contributed by atoms with Gasteiger partial charge in [-0.05, 0) is 55.8 Å². The fraction of sp³-hybridized carbons (Fsp3) is 0.824. The van der Waals surface area contributed by atoms with Crippen LogP contribution in [0.4, 0.5) is 0 Å². The molecule has 2 bridgehead atoms. The van der Waals surface area contributed by atoms with Crippen LogP contribution in [0, 0.1) is 17.3 Å². The van der Waals surface area contributed by atoms with Gasteiger partial charge in [0.15, 0.2) is 0 Å². The fourth-order valence-corrected chi connectivity index (χ4v) is 3.53. The first kappa shape index (κ1) is 16.3. The molecule has 3 atom stereocenters. The summed E-state index contributed by atoms with van der Waals surface area (Å²) in [5.41, 5.74) is 0.769. The summed E-state index contributed by atoms with van der Waals surface area (Å²) in [6.07, 6.45) is 13.4. The first-order valence-electron chi connectivity index (χ1n) is 7.87. The topological polar surface area (TPSA) is 37.3 Å². The number of allylic oxidation sites excluding steroid dienone is 1. The van der Waals surface area contributed by atoms with Crippen molar-refractivity contribution in [3.8, 4) is 0 Å². The van der Waals surface area contributed by atoms with Crippen LogP contribution in [0.1, 0.15) is 72.1 Å². The second kappa shape index (κ2) is 7.72. The molecule has 0 heterocycles.